The zero-order chi connectivity index (χ0) is 27.3. The minimum Gasteiger partial charge on any atom is 4.00 e. The van der Waals surface area contributed by atoms with E-state index in [1.165, 1.54) is 0 Å². The van der Waals surface area contributed by atoms with E-state index in [1.807, 2.05) is 41.5 Å². The number of halogens is 9. The molecule has 3 nitrogen and oxygen atoms in total. The summed E-state index contributed by atoms with van der Waals surface area (Å²) in [5.41, 5.74) is 20.0. The van der Waals surface area contributed by atoms with Gasteiger partial charge in [0.2, 0.25) is 0 Å². The van der Waals surface area contributed by atoms with Crippen LogP contribution in [0.2, 0.25) is 0 Å². The van der Waals surface area contributed by atoms with Gasteiger partial charge in [0, 0.05) is 0 Å². The third-order valence-electron chi connectivity index (χ3n) is 3.60. The maximum Gasteiger partial charge on any atom is 4.00 e. The Bertz CT molecular complexity index is 531. The summed E-state index contributed by atoms with van der Waals surface area (Å²) >= 11 is -8.38. The predicted molar refractivity (Wildman–Crippen MR) is 118 cm³/mol. The molecule has 1 aromatic rings. The molecule has 1 rings (SSSR count). The van der Waals surface area contributed by atoms with Crippen molar-refractivity contribution >= 4 is 17.7 Å². The molecule has 0 bridgehead atoms. The quantitative estimate of drug-likeness (QED) is 0.178. The van der Waals surface area contributed by atoms with E-state index in [0.717, 1.165) is 12.1 Å². The molecule has 0 saturated carbocycles. The molecule has 1 aromatic carbocycles. The van der Waals surface area contributed by atoms with Crippen LogP contribution in [0.1, 0.15) is 41.5 Å². The number of hydrogen-bond acceptors (Lipinski definition) is 0. The van der Waals surface area contributed by atoms with E-state index in [1.54, 1.807) is 0 Å². The molecule has 0 spiro atoms. The number of rotatable bonds is 4. The first-order valence-electron chi connectivity index (χ1n) is 10.0. The van der Waals surface area contributed by atoms with Crippen LogP contribution >= 0.6 is 0 Å². The SMILES string of the molecule is CC(C)C[NH-].CC(C)C[NH-].CC(C)C[NH-].F[C](F)(F)[Ge]([c-]1cccc1)([C](F)(F)F)[C](F)(F)F.[Zr+4]. The molecule has 0 unspecified atom stereocenters. The molecular weight excluding hydrogens is 617 g/mol. The second kappa shape index (κ2) is 18.3. The van der Waals surface area contributed by atoms with Crippen molar-refractivity contribution in [2.45, 2.75) is 56.6 Å². The van der Waals surface area contributed by atoms with Gasteiger partial charge < -0.3 is 17.2 Å². The molecule has 0 radical (unpaired) electrons. The van der Waals surface area contributed by atoms with Gasteiger partial charge in [-0.1, -0.05) is 59.3 Å². The van der Waals surface area contributed by atoms with Crippen LogP contribution in [-0.4, -0.2) is 47.9 Å². The van der Waals surface area contributed by atoms with Crippen molar-refractivity contribution in [1.29, 1.82) is 0 Å². The smallest absolute Gasteiger partial charge is 4.00 e. The monoisotopic (exact) mass is 651 g/mol. The van der Waals surface area contributed by atoms with Gasteiger partial charge >= 0.3 is 123 Å². The van der Waals surface area contributed by atoms with Crippen LogP contribution in [-0.2, 0) is 26.2 Å². The Balaban J connectivity index is -0.000000231. The molecule has 200 valence electrons. The van der Waals surface area contributed by atoms with Crippen molar-refractivity contribution in [3.63, 3.8) is 0 Å². The third-order valence-corrected chi connectivity index (χ3v) is 11.5. The van der Waals surface area contributed by atoms with Crippen LogP contribution in [0.3, 0.4) is 0 Å². The maximum atomic E-state index is 12.6. The van der Waals surface area contributed by atoms with Crippen molar-refractivity contribution < 1.29 is 65.7 Å². The van der Waals surface area contributed by atoms with Crippen molar-refractivity contribution in [2.24, 2.45) is 17.8 Å². The van der Waals surface area contributed by atoms with Crippen LogP contribution < -0.4 is 4.40 Å². The van der Waals surface area contributed by atoms with Crippen molar-refractivity contribution in [2.75, 3.05) is 19.6 Å². The first kappa shape index (κ1) is 41.2. The van der Waals surface area contributed by atoms with E-state index in [2.05, 4.69) is 0 Å². The molecule has 0 saturated heterocycles. The summed E-state index contributed by atoms with van der Waals surface area (Å²) in [5.74, 6) is 1.65. The third kappa shape index (κ3) is 14.6. The van der Waals surface area contributed by atoms with Crippen LogP contribution in [0.15, 0.2) is 24.3 Å². The predicted octanol–water partition coefficient (Wildman–Crippen LogP) is 8.45. The van der Waals surface area contributed by atoms with Gasteiger partial charge in [0.25, 0.3) is 0 Å². The largest absolute Gasteiger partial charge is 4.00 e. The first-order chi connectivity index (χ1) is 14.7. The first-order valence-corrected chi connectivity index (χ1v) is 14.2. The zero-order valence-electron chi connectivity index (χ0n) is 20.1. The Morgan fingerprint density at radius 3 is 0.882 bits per heavy atom. The van der Waals surface area contributed by atoms with E-state index in [4.69, 9.17) is 17.2 Å². The Morgan fingerprint density at radius 1 is 0.588 bits per heavy atom. The van der Waals surface area contributed by atoms with Crippen molar-refractivity contribution in [1.82, 2.24) is 0 Å². The second-order valence-electron chi connectivity index (χ2n) is 8.21. The summed E-state index contributed by atoms with van der Waals surface area (Å²) in [5, 5.41) is -19.1. The van der Waals surface area contributed by atoms with Gasteiger partial charge in [-0.25, -0.2) is 0 Å². The van der Waals surface area contributed by atoms with E-state index in [0.29, 0.717) is 37.4 Å². The molecule has 0 heterocycles. The van der Waals surface area contributed by atoms with Gasteiger partial charge in [-0.05, 0) is 0 Å². The summed E-state index contributed by atoms with van der Waals surface area (Å²) in [6.45, 7) is 13.9. The number of nitrogens with one attached hydrogen (secondary N) is 3. The van der Waals surface area contributed by atoms with E-state index in [-0.39, 0.29) is 38.3 Å². The average Bonchev–Trinajstić information content (AvgIpc) is 3.13. The topological polar surface area (TPSA) is 71.4 Å². The van der Waals surface area contributed by atoms with Crippen LogP contribution in [0, 0.1) is 17.8 Å². The maximum absolute atomic E-state index is 12.6. The summed E-state index contributed by atoms with van der Waals surface area (Å²) in [6.07, 6.45) is 0. The summed E-state index contributed by atoms with van der Waals surface area (Å²) in [6, 6.07) is 1.90. The van der Waals surface area contributed by atoms with Gasteiger partial charge in [0.05, 0.1) is 0 Å². The van der Waals surface area contributed by atoms with Gasteiger partial charge in [-0.2, -0.15) is 0 Å². The number of alkyl halides is 9. The van der Waals surface area contributed by atoms with Crippen LogP contribution in [0.25, 0.3) is 17.2 Å². The standard InChI is InChI=1S/C8H4F9Ge.3C4H10N.Zr/c9-6(10,11)18(7(12,13)14,8(15,16)17)5-3-1-2-4-5;3*1-4(2)3-5;/h1-4H;3*4-5H,3H2,1-2H3;/q4*-1;+4. The van der Waals surface area contributed by atoms with Crippen molar-refractivity contribution in [3.8, 4) is 0 Å². The summed E-state index contributed by atoms with van der Waals surface area (Å²) in [4.78, 5) is 0. The minimum absolute atomic E-state index is 0. The molecule has 34 heavy (non-hydrogen) atoms. The fourth-order valence-corrected chi connectivity index (χ4v) is 7.13. The minimum atomic E-state index is -8.38. The Labute approximate surface area is 218 Å². The second-order valence-corrected chi connectivity index (χ2v) is 16.1. The molecular formula is C20H34F9GeN3Zr. The Morgan fingerprint density at radius 2 is 0.765 bits per heavy atom. The van der Waals surface area contributed by atoms with Crippen LogP contribution in [0.4, 0.5) is 39.5 Å². The normalized spacial score (nSPS) is 12.1. The molecule has 0 aliphatic heterocycles. The molecule has 0 aromatic heterocycles. The molecule has 0 fully saturated rings. The molecule has 14 heteroatoms. The fourth-order valence-electron chi connectivity index (χ4n) is 1.60. The summed E-state index contributed by atoms with van der Waals surface area (Å²) < 4.78 is 111. The van der Waals surface area contributed by atoms with Gasteiger partial charge in [0.15, 0.2) is 0 Å². The number of hydrogen-bond donors (Lipinski definition) is 0. The van der Waals surface area contributed by atoms with E-state index < -0.39 is 32.7 Å². The zero-order valence-corrected chi connectivity index (χ0v) is 24.6. The Hall–Kier alpha value is 0.0260. The van der Waals surface area contributed by atoms with E-state index >= 15 is 0 Å². The fraction of sp³-hybridized carbons (Fsp3) is 0.750. The van der Waals surface area contributed by atoms with Crippen molar-refractivity contribution in [3.05, 3.63) is 41.5 Å². The van der Waals surface area contributed by atoms with Gasteiger partial charge in [-0.15, -0.1) is 19.6 Å². The average molecular weight is 651 g/mol. The van der Waals surface area contributed by atoms with E-state index in [9.17, 15) is 39.5 Å². The molecule has 0 aliphatic carbocycles. The van der Waals surface area contributed by atoms with Crippen LogP contribution in [0.5, 0.6) is 0 Å². The molecule has 3 N–H and O–H groups in total. The molecule has 0 aliphatic rings. The summed E-state index contributed by atoms with van der Waals surface area (Å²) in [7, 11) is 0. The van der Waals surface area contributed by atoms with Gasteiger partial charge in [0.1, 0.15) is 0 Å². The van der Waals surface area contributed by atoms with Gasteiger partial charge in [-0.3, -0.25) is 0 Å². The molecule has 0 amide bonds. The molecule has 0 atom stereocenters. The Kier molecular flexibility index (Phi) is 22.2.